The normalized spacial score (nSPS) is 9.86. The van der Waals surface area contributed by atoms with E-state index in [1.807, 2.05) is 6.07 Å². The molecule has 0 aliphatic carbocycles. The molecule has 1 amide bonds. The lowest BCUT2D eigenvalue weighted by atomic mass is 10.6. The number of hydroxylamine groups is 2. The van der Waals surface area contributed by atoms with Crippen LogP contribution in [0, 0.1) is 0 Å². The number of carbonyl (C=O) groups is 1. The molecule has 0 bridgehead atoms. The zero-order valence-electron chi connectivity index (χ0n) is 7.67. The third-order valence-electron chi connectivity index (χ3n) is 1.32. The SMILES string of the molecule is CON(OC)C(=O)O.c1cc2nc-2n1. The van der Waals surface area contributed by atoms with Gasteiger partial charge in [0.2, 0.25) is 0 Å². The Balaban J connectivity index is 0.000000143. The van der Waals surface area contributed by atoms with Crippen LogP contribution in [0.25, 0.3) is 11.5 Å². The molecule has 0 spiro atoms. The van der Waals surface area contributed by atoms with Crippen LogP contribution in [0.5, 0.6) is 0 Å². The van der Waals surface area contributed by atoms with Crippen molar-refractivity contribution >= 4 is 6.09 Å². The van der Waals surface area contributed by atoms with Crippen molar-refractivity contribution in [3.8, 4) is 11.5 Å². The second kappa shape index (κ2) is 4.49. The standard InChI is InChI=1S/C4H2N2.C3H7NO4/c1-2-5-4-3(1)6-4;1-7-4(8-2)3(5)6/h1-2H;1-2H3,(H,5,6). The number of hydrogen-bond acceptors (Lipinski definition) is 5. The first-order chi connectivity index (χ1) is 6.69. The van der Waals surface area contributed by atoms with Crippen LogP contribution < -0.4 is 0 Å². The van der Waals surface area contributed by atoms with Gasteiger partial charge in [-0.2, -0.15) is 0 Å². The Morgan fingerprint density at radius 3 is 2.21 bits per heavy atom. The van der Waals surface area contributed by atoms with Crippen molar-refractivity contribution in [2.75, 3.05) is 14.2 Å². The van der Waals surface area contributed by atoms with Crippen LogP contribution in [0.1, 0.15) is 0 Å². The highest BCUT2D eigenvalue weighted by atomic mass is 17.0. The molecular weight excluding hydrogens is 190 g/mol. The second-order valence-corrected chi connectivity index (χ2v) is 2.17. The lowest BCUT2D eigenvalue weighted by Gasteiger charge is -2.09. The molecule has 0 saturated heterocycles. The quantitative estimate of drug-likeness (QED) is 0.711. The number of rotatable bonds is 2. The van der Waals surface area contributed by atoms with Gasteiger partial charge in [0.1, 0.15) is 5.69 Å². The lowest BCUT2D eigenvalue weighted by Crippen LogP contribution is -2.26. The summed E-state index contributed by atoms with van der Waals surface area (Å²) in [5.74, 6) is 0.926. The van der Waals surface area contributed by atoms with Gasteiger partial charge in [0.15, 0.2) is 5.82 Å². The van der Waals surface area contributed by atoms with Crippen LogP contribution >= 0.6 is 0 Å². The van der Waals surface area contributed by atoms with E-state index in [9.17, 15) is 4.79 Å². The molecule has 0 aromatic rings. The van der Waals surface area contributed by atoms with Crippen LogP contribution in [-0.4, -0.2) is 40.6 Å². The molecule has 0 radical (unpaired) electrons. The van der Waals surface area contributed by atoms with E-state index in [0.29, 0.717) is 5.23 Å². The van der Waals surface area contributed by atoms with Gasteiger partial charge < -0.3 is 5.11 Å². The van der Waals surface area contributed by atoms with Gasteiger partial charge in [0.05, 0.1) is 14.2 Å². The molecule has 2 aliphatic rings. The van der Waals surface area contributed by atoms with Crippen LogP contribution in [0.2, 0.25) is 0 Å². The van der Waals surface area contributed by atoms with Gasteiger partial charge >= 0.3 is 6.09 Å². The van der Waals surface area contributed by atoms with E-state index in [2.05, 4.69) is 19.6 Å². The number of fused-ring (bicyclic) bond motifs is 1. The molecule has 2 heterocycles. The van der Waals surface area contributed by atoms with E-state index in [0.717, 1.165) is 11.5 Å². The summed E-state index contributed by atoms with van der Waals surface area (Å²) < 4.78 is 0. The Morgan fingerprint density at radius 1 is 1.50 bits per heavy atom. The van der Waals surface area contributed by atoms with E-state index >= 15 is 0 Å². The number of nitrogens with zero attached hydrogens (tertiary/aromatic N) is 3. The molecule has 0 aromatic carbocycles. The van der Waals surface area contributed by atoms with Crippen molar-refractivity contribution in [3.63, 3.8) is 0 Å². The minimum Gasteiger partial charge on any atom is -0.462 e. The number of hydrogen-bond donors (Lipinski definition) is 1. The van der Waals surface area contributed by atoms with Crippen molar-refractivity contribution in [1.82, 2.24) is 15.2 Å². The molecule has 2 rings (SSSR count). The number of amides is 1. The summed E-state index contributed by atoms with van der Waals surface area (Å²) >= 11 is 0. The lowest BCUT2D eigenvalue weighted by molar-refractivity contribution is -0.307. The largest absolute Gasteiger partial charge is 0.462 e. The van der Waals surface area contributed by atoms with Gasteiger partial charge in [-0.15, -0.1) is 0 Å². The maximum atomic E-state index is 9.84. The highest BCUT2D eigenvalue weighted by Crippen LogP contribution is 2.21. The number of aromatic nitrogens is 2. The van der Waals surface area contributed by atoms with Crippen LogP contribution in [0.3, 0.4) is 0 Å². The molecule has 0 atom stereocenters. The molecule has 76 valence electrons. The van der Waals surface area contributed by atoms with Gasteiger partial charge in [-0.3, -0.25) is 0 Å². The first kappa shape index (κ1) is 10.4. The van der Waals surface area contributed by atoms with Crippen molar-refractivity contribution in [1.29, 1.82) is 0 Å². The summed E-state index contributed by atoms with van der Waals surface area (Å²) in [5.41, 5.74) is 1.06. The minimum absolute atomic E-state index is 0.333. The third-order valence-corrected chi connectivity index (χ3v) is 1.32. The summed E-state index contributed by atoms with van der Waals surface area (Å²) in [6, 6.07) is 1.90. The van der Waals surface area contributed by atoms with E-state index < -0.39 is 6.09 Å². The van der Waals surface area contributed by atoms with E-state index in [4.69, 9.17) is 5.11 Å². The smallest absolute Gasteiger partial charge is 0.457 e. The summed E-state index contributed by atoms with van der Waals surface area (Å²) in [6.45, 7) is 0. The molecule has 1 N–H and O–H groups in total. The topological polar surface area (TPSA) is 84.8 Å². The van der Waals surface area contributed by atoms with Crippen LogP contribution in [-0.2, 0) is 9.68 Å². The van der Waals surface area contributed by atoms with Crippen LogP contribution in [0.4, 0.5) is 4.79 Å². The first-order valence-corrected chi connectivity index (χ1v) is 3.63. The Kier molecular flexibility index (Phi) is 3.32. The molecule has 7 heteroatoms. The first-order valence-electron chi connectivity index (χ1n) is 3.63. The Hall–Kier alpha value is -1.73. The van der Waals surface area contributed by atoms with Crippen LogP contribution in [0.15, 0.2) is 12.3 Å². The highest BCUT2D eigenvalue weighted by Gasteiger charge is 2.13. The summed E-state index contributed by atoms with van der Waals surface area (Å²) in [7, 11) is 2.38. The average molecular weight is 199 g/mol. The zero-order chi connectivity index (χ0) is 10.6. The fourth-order valence-electron chi connectivity index (χ4n) is 0.702. The molecule has 0 unspecified atom stereocenters. The summed E-state index contributed by atoms with van der Waals surface area (Å²) in [5, 5.41) is 8.38. The summed E-state index contributed by atoms with van der Waals surface area (Å²) in [4.78, 5) is 25.9. The summed E-state index contributed by atoms with van der Waals surface area (Å²) in [6.07, 6.45) is 0.479. The maximum absolute atomic E-state index is 9.84. The Morgan fingerprint density at radius 2 is 2.14 bits per heavy atom. The minimum atomic E-state index is -1.28. The average Bonchev–Trinajstić information content (AvgIpc) is 2.76. The zero-order valence-corrected chi connectivity index (χ0v) is 7.67. The number of carboxylic acid groups (broad SMARTS) is 1. The molecule has 2 aliphatic heterocycles. The predicted octanol–water partition coefficient (Wildman–Crippen LogP) is 0.546. The molecule has 14 heavy (non-hydrogen) atoms. The second-order valence-electron chi connectivity index (χ2n) is 2.17. The van der Waals surface area contributed by atoms with Crippen molar-refractivity contribution in [3.05, 3.63) is 12.3 Å². The van der Waals surface area contributed by atoms with Crippen molar-refractivity contribution in [2.45, 2.75) is 0 Å². The molecular formula is C7H9N3O4. The van der Waals surface area contributed by atoms with E-state index in [1.165, 1.54) is 14.2 Å². The van der Waals surface area contributed by atoms with Gasteiger partial charge in [0, 0.05) is 6.20 Å². The highest BCUT2D eigenvalue weighted by molar-refractivity contribution is 5.62. The monoisotopic (exact) mass is 199 g/mol. The predicted molar refractivity (Wildman–Crippen MR) is 44.9 cm³/mol. The molecule has 0 aromatic heterocycles. The van der Waals surface area contributed by atoms with Gasteiger partial charge in [-0.25, -0.2) is 24.4 Å². The Bertz CT molecular complexity index is 309. The molecule has 7 nitrogen and oxygen atoms in total. The fraction of sp³-hybridized carbons (Fsp3) is 0.286. The van der Waals surface area contributed by atoms with E-state index in [1.54, 1.807) is 6.20 Å². The Labute approximate surface area is 79.8 Å². The third kappa shape index (κ3) is 2.64. The molecule has 0 saturated carbocycles. The van der Waals surface area contributed by atoms with E-state index in [-0.39, 0.29) is 0 Å². The van der Waals surface area contributed by atoms with Gasteiger partial charge in [-0.1, -0.05) is 0 Å². The van der Waals surface area contributed by atoms with Gasteiger partial charge in [0.25, 0.3) is 0 Å². The van der Waals surface area contributed by atoms with Gasteiger partial charge in [-0.05, 0) is 11.3 Å². The fourth-order valence-corrected chi connectivity index (χ4v) is 0.702. The molecule has 0 fully saturated rings. The van der Waals surface area contributed by atoms with Crippen molar-refractivity contribution in [2.24, 2.45) is 0 Å². The van der Waals surface area contributed by atoms with Crippen molar-refractivity contribution < 1.29 is 19.6 Å². The maximum Gasteiger partial charge on any atom is 0.457 e.